The van der Waals surface area contributed by atoms with E-state index in [-0.39, 0.29) is 23.6 Å². The molecule has 0 radical (unpaired) electrons. The molecule has 1 fully saturated rings. The molecule has 0 aromatic heterocycles. The van der Waals surface area contributed by atoms with Gasteiger partial charge in [0, 0.05) is 17.7 Å². The predicted octanol–water partition coefficient (Wildman–Crippen LogP) is 5.63. The van der Waals surface area contributed by atoms with Crippen LogP contribution in [0.1, 0.15) is 79.7 Å². The number of carbonyl (C=O) groups is 1. The first-order valence-electron chi connectivity index (χ1n) is 11.8. The maximum Gasteiger partial charge on any atom is 0.303 e. The van der Waals surface area contributed by atoms with E-state index in [1.54, 1.807) is 0 Å². The molecule has 4 nitrogen and oxygen atoms in total. The molecule has 0 amide bonds. The Kier molecular flexibility index (Phi) is 9.15. The number of rotatable bonds is 11. The van der Waals surface area contributed by atoms with Gasteiger partial charge >= 0.3 is 5.97 Å². The Hall–Kier alpha value is -1.88. The Bertz CT molecular complexity index is 866. The molecule has 5 heteroatoms. The number of benzene rings is 2. The summed E-state index contributed by atoms with van der Waals surface area (Å²) < 4.78 is 0. The van der Waals surface area contributed by atoms with Crippen molar-refractivity contribution < 1.29 is 20.1 Å². The van der Waals surface area contributed by atoms with Crippen molar-refractivity contribution in [1.29, 1.82) is 0 Å². The van der Waals surface area contributed by atoms with Gasteiger partial charge in [0.2, 0.25) is 0 Å². The zero-order valence-electron chi connectivity index (χ0n) is 18.8. The zero-order valence-corrected chi connectivity index (χ0v) is 19.5. The number of alkyl halides is 1. The summed E-state index contributed by atoms with van der Waals surface area (Å²) in [7, 11) is 0. The van der Waals surface area contributed by atoms with Crippen LogP contribution in [0.3, 0.4) is 0 Å². The summed E-state index contributed by atoms with van der Waals surface area (Å²) in [5.41, 5.74) is 4.10. The molecule has 5 atom stereocenters. The first-order chi connectivity index (χ1) is 15.4. The number of aliphatic hydroxyl groups excluding tert-OH is 2. The van der Waals surface area contributed by atoms with Crippen molar-refractivity contribution in [3.8, 4) is 0 Å². The fourth-order valence-electron chi connectivity index (χ4n) is 4.92. The first kappa shape index (κ1) is 24.8. The van der Waals surface area contributed by atoms with E-state index in [9.17, 15) is 15.0 Å². The number of hydrogen-bond donors (Lipinski definition) is 3. The van der Waals surface area contributed by atoms with Crippen molar-refractivity contribution in [2.24, 2.45) is 5.92 Å². The largest absolute Gasteiger partial charge is 0.481 e. The van der Waals surface area contributed by atoms with Crippen molar-refractivity contribution in [3.63, 3.8) is 0 Å². The number of aryl methyl sites for hydroxylation is 1. The maximum absolute atomic E-state index is 10.9. The second-order valence-electron chi connectivity index (χ2n) is 9.10. The maximum atomic E-state index is 10.9. The van der Waals surface area contributed by atoms with E-state index < -0.39 is 18.2 Å². The van der Waals surface area contributed by atoms with Gasteiger partial charge in [0.25, 0.3) is 0 Å². The van der Waals surface area contributed by atoms with Gasteiger partial charge in [0.15, 0.2) is 0 Å². The summed E-state index contributed by atoms with van der Waals surface area (Å²) in [6, 6.07) is 16.0. The molecule has 3 N–H and O–H groups in total. The number of aliphatic carboxylic acids is 1. The van der Waals surface area contributed by atoms with Crippen LogP contribution in [0.15, 0.2) is 48.5 Å². The average molecular weight is 459 g/mol. The fraction of sp³-hybridized carbons (Fsp3) is 0.519. The molecule has 0 bridgehead atoms. The van der Waals surface area contributed by atoms with Crippen molar-refractivity contribution in [2.45, 2.75) is 81.8 Å². The van der Waals surface area contributed by atoms with Gasteiger partial charge in [0.1, 0.15) is 0 Å². The molecule has 0 heterocycles. The second kappa shape index (κ2) is 11.8. The molecule has 2 aromatic carbocycles. The van der Waals surface area contributed by atoms with Gasteiger partial charge in [-0.25, -0.2) is 0 Å². The van der Waals surface area contributed by atoms with Crippen molar-refractivity contribution in [3.05, 3.63) is 70.8 Å². The third kappa shape index (κ3) is 6.57. The van der Waals surface area contributed by atoms with Crippen molar-refractivity contribution >= 4 is 17.6 Å². The van der Waals surface area contributed by atoms with Crippen molar-refractivity contribution in [1.82, 2.24) is 0 Å². The van der Waals surface area contributed by atoms with Crippen LogP contribution >= 0.6 is 11.6 Å². The highest BCUT2D eigenvalue weighted by atomic mass is 35.5. The summed E-state index contributed by atoms with van der Waals surface area (Å²) in [6.45, 7) is 2.15. The van der Waals surface area contributed by atoms with Crippen LogP contribution in [-0.2, 0) is 17.6 Å². The highest BCUT2D eigenvalue weighted by Crippen LogP contribution is 2.44. The molecular weight excluding hydrogens is 424 g/mol. The summed E-state index contributed by atoms with van der Waals surface area (Å²) in [6.07, 6.45) is 5.00. The molecule has 32 heavy (non-hydrogen) atoms. The van der Waals surface area contributed by atoms with Gasteiger partial charge in [-0.05, 0) is 53.9 Å². The quantitative estimate of drug-likeness (QED) is 0.301. The van der Waals surface area contributed by atoms with Crippen LogP contribution in [0.4, 0.5) is 0 Å². The van der Waals surface area contributed by atoms with Crippen LogP contribution in [0, 0.1) is 5.92 Å². The lowest BCUT2D eigenvalue weighted by Crippen LogP contribution is -2.21. The number of unbranched alkanes of at least 4 members (excludes halogenated alkanes) is 2. The minimum atomic E-state index is -0.797. The molecule has 2 aromatic rings. The molecule has 1 saturated carbocycles. The number of carboxylic acids is 1. The molecule has 3 rings (SSSR count). The van der Waals surface area contributed by atoms with E-state index in [0.29, 0.717) is 12.8 Å². The van der Waals surface area contributed by atoms with Crippen LogP contribution in [-0.4, -0.2) is 32.8 Å². The molecular formula is C27H35ClO4. The smallest absolute Gasteiger partial charge is 0.303 e. The Morgan fingerprint density at radius 3 is 2.53 bits per heavy atom. The predicted molar refractivity (Wildman–Crippen MR) is 128 cm³/mol. The van der Waals surface area contributed by atoms with Gasteiger partial charge in [-0.1, -0.05) is 74.7 Å². The number of carboxylic acid groups (broad SMARTS) is 1. The van der Waals surface area contributed by atoms with Gasteiger partial charge in [-0.15, -0.1) is 11.6 Å². The minimum absolute atomic E-state index is 0.0635. The van der Waals surface area contributed by atoms with E-state index in [1.165, 1.54) is 0 Å². The first-order valence-corrected chi connectivity index (χ1v) is 12.2. The summed E-state index contributed by atoms with van der Waals surface area (Å²) in [5, 5.41) is 30.0. The van der Waals surface area contributed by atoms with Crippen LogP contribution in [0.25, 0.3) is 0 Å². The molecule has 0 saturated heterocycles. The highest BCUT2D eigenvalue weighted by Gasteiger charge is 2.42. The van der Waals surface area contributed by atoms with E-state index >= 15 is 0 Å². The lowest BCUT2D eigenvalue weighted by Gasteiger charge is -2.25. The molecule has 174 valence electrons. The van der Waals surface area contributed by atoms with Crippen molar-refractivity contribution in [2.75, 3.05) is 0 Å². The SMILES string of the molecule is CCCCCC(O)c1ccc([C@@H]2[C@@H](Cc3cccc(CCC(=O)O)c3)[C@H](Cl)C[C@H]2O)cc1. The Balaban J connectivity index is 1.72. The molecule has 1 aliphatic carbocycles. The number of aliphatic hydroxyl groups is 2. The van der Waals surface area contributed by atoms with E-state index in [0.717, 1.165) is 54.4 Å². The Labute approximate surface area is 196 Å². The third-order valence-electron chi connectivity index (χ3n) is 6.68. The zero-order chi connectivity index (χ0) is 23.1. The second-order valence-corrected chi connectivity index (χ2v) is 9.67. The third-order valence-corrected chi connectivity index (χ3v) is 7.19. The molecule has 0 aliphatic heterocycles. The lowest BCUT2D eigenvalue weighted by atomic mass is 9.83. The molecule has 1 aliphatic rings. The number of hydrogen-bond acceptors (Lipinski definition) is 3. The topological polar surface area (TPSA) is 77.8 Å². The summed E-state index contributed by atoms with van der Waals surface area (Å²) in [5.74, 6) is -0.776. The van der Waals surface area contributed by atoms with Crippen LogP contribution in [0.5, 0.6) is 0 Å². The van der Waals surface area contributed by atoms with Gasteiger partial charge in [-0.3, -0.25) is 4.79 Å². The van der Waals surface area contributed by atoms with Gasteiger partial charge in [0.05, 0.1) is 12.2 Å². The number of halogens is 1. The minimum Gasteiger partial charge on any atom is -0.481 e. The van der Waals surface area contributed by atoms with E-state index in [4.69, 9.17) is 16.7 Å². The molecule has 0 spiro atoms. The lowest BCUT2D eigenvalue weighted by molar-refractivity contribution is -0.136. The normalized spacial score (nSPS) is 23.9. The highest BCUT2D eigenvalue weighted by molar-refractivity contribution is 6.21. The van der Waals surface area contributed by atoms with Crippen LogP contribution < -0.4 is 0 Å². The van der Waals surface area contributed by atoms with Gasteiger partial charge in [-0.2, -0.15) is 0 Å². The van der Waals surface area contributed by atoms with Gasteiger partial charge < -0.3 is 15.3 Å². The standard InChI is InChI=1S/C27H35ClO4/c1-2-3-4-8-24(29)20-10-12-21(13-11-20)27-22(23(28)17-25(27)30)16-19-7-5-6-18(15-19)9-14-26(31)32/h5-7,10-13,15,22-25,27,29-30H,2-4,8-9,14,16-17H2,1H3,(H,31,32)/t22-,23+,24?,25+,27+/m0/s1. The Morgan fingerprint density at radius 1 is 1.12 bits per heavy atom. The Morgan fingerprint density at radius 2 is 1.84 bits per heavy atom. The monoisotopic (exact) mass is 458 g/mol. The fourth-order valence-corrected chi connectivity index (χ4v) is 5.35. The summed E-state index contributed by atoms with van der Waals surface area (Å²) in [4.78, 5) is 10.9. The molecule has 1 unspecified atom stereocenters. The van der Waals surface area contributed by atoms with Crippen LogP contribution in [0.2, 0.25) is 0 Å². The summed E-state index contributed by atoms with van der Waals surface area (Å²) >= 11 is 6.69. The van der Waals surface area contributed by atoms with E-state index in [1.807, 2.05) is 42.5 Å². The van der Waals surface area contributed by atoms with E-state index in [2.05, 4.69) is 13.0 Å². The average Bonchev–Trinajstić information content (AvgIpc) is 3.05.